The lowest BCUT2D eigenvalue weighted by molar-refractivity contribution is -0.121. The molecule has 0 saturated carbocycles. The molecule has 1 amide bonds. The molecule has 0 saturated heterocycles. The molecule has 0 bridgehead atoms. The minimum absolute atomic E-state index is 0.0256. The van der Waals surface area contributed by atoms with Gasteiger partial charge in [-0.05, 0) is 37.0 Å². The Morgan fingerprint density at radius 2 is 2.17 bits per heavy atom. The van der Waals surface area contributed by atoms with Gasteiger partial charge in [-0.15, -0.1) is 0 Å². The molecular formula is C16H22N4O3S. The predicted molar refractivity (Wildman–Crippen MR) is 90.7 cm³/mol. The first-order chi connectivity index (χ1) is 11.1. The van der Waals surface area contributed by atoms with E-state index in [1.54, 1.807) is 17.9 Å². The maximum atomic E-state index is 12.3. The van der Waals surface area contributed by atoms with E-state index in [9.17, 15) is 18.5 Å². The van der Waals surface area contributed by atoms with Gasteiger partial charge in [-0.1, -0.05) is 19.9 Å². The summed E-state index contributed by atoms with van der Waals surface area (Å²) in [5, 5.41) is 17.2. The lowest BCUT2D eigenvalue weighted by Gasteiger charge is -2.29. The van der Waals surface area contributed by atoms with Crippen molar-refractivity contribution in [3.05, 3.63) is 23.8 Å². The summed E-state index contributed by atoms with van der Waals surface area (Å²) in [5.74, 6) is -0.312. The van der Waals surface area contributed by atoms with Crippen LogP contribution in [0, 0.1) is 17.2 Å². The Labute approximate surface area is 142 Å². The van der Waals surface area contributed by atoms with E-state index < -0.39 is 15.6 Å². The molecule has 1 aliphatic rings. The van der Waals surface area contributed by atoms with E-state index in [4.69, 9.17) is 5.14 Å². The zero-order chi connectivity index (χ0) is 18.1. The van der Waals surface area contributed by atoms with E-state index >= 15 is 0 Å². The molecule has 0 fully saturated rings. The van der Waals surface area contributed by atoms with Gasteiger partial charge < -0.3 is 10.2 Å². The molecule has 24 heavy (non-hydrogen) atoms. The monoisotopic (exact) mass is 350 g/mol. The van der Waals surface area contributed by atoms with E-state index in [-0.39, 0.29) is 23.3 Å². The van der Waals surface area contributed by atoms with Crippen LogP contribution in [0.3, 0.4) is 0 Å². The molecule has 0 aromatic heterocycles. The predicted octanol–water partition coefficient (Wildman–Crippen LogP) is 0.751. The van der Waals surface area contributed by atoms with Gasteiger partial charge in [-0.25, -0.2) is 13.6 Å². The van der Waals surface area contributed by atoms with Crippen LogP contribution in [-0.2, 0) is 21.2 Å². The lowest BCUT2D eigenvalue weighted by Crippen LogP contribution is -2.51. The molecule has 3 N–H and O–H groups in total. The van der Waals surface area contributed by atoms with Crippen LogP contribution >= 0.6 is 0 Å². The number of carbonyl (C=O) groups excluding carboxylic acids is 1. The molecule has 1 unspecified atom stereocenters. The molecule has 1 aromatic rings. The smallest absolute Gasteiger partial charge is 0.240 e. The Morgan fingerprint density at radius 3 is 2.71 bits per heavy atom. The molecule has 130 valence electrons. The average Bonchev–Trinajstić information content (AvgIpc) is 2.88. The van der Waals surface area contributed by atoms with Gasteiger partial charge in [0.25, 0.3) is 0 Å². The van der Waals surface area contributed by atoms with E-state index in [0.717, 1.165) is 12.0 Å². The first kappa shape index (κ1) is 18.2. The Bertz CT molecular complexity index is 798. The highest BCUT2D eigenvalue weighted by Gasteiger charge is 2.31. The third-order valence-corrected chi connectivity index (χ3v) is 5.41. The maximum absolute atomic E-state index is 12.3. The summed E-state index contributed by atoms with van der Waals surface area (Å²) in [6.07, 6.45) is 0.729. The van der Waals surface area contributed by atoms with Crippen LogP contribution in [0.4, 0.5) is 5.69 Å². The summed E-state index contributed by atoms with van der Waals surface area (Å²) in [7, 11) is -3.79. The fourth-order valence-corrected chi connectivity index (χ4v) is 3.10. The van der Waals surface area contributed by atoms with Crippen LogP contribution in [0.1, 0.15) is 26.3 Å². The van der Waals surface area contributed by atoms with E-state index in [1.165, 1.54) is 12.1 Å². The third kappa shape index (κ3) is 3.68. The quantitative estimate of drug-likeness (QED) is 0.813. The van der Waals surface area contributed by atoms with Crippen molar-refractivity contribution >= 4 is 21.6 Å². The number of hydrogen-bond acceptors (Lipinski definition) is 5. The van der Waals surface area contributed by atoms with Crippen LogP contribution < -0.4 is 15.4 Å². The molecule has 8 heteroatoms. The zero-order valence-electron chi connectivity index (χ0n) is 14.0. The van der Waals surface area contributed by atoms with Crippen molar-refractivity contribution in [3.63, 3.8) is 0 Å². The number of nitriles is 1. The fraction of sp³-hybridized carbons (Fsp3) is 0.500. The Kier molecular flexibility index (Phi) is 4.87. The molecule has 1 heterocycles. The Balaban J connectivity index is 2.18. The molecule has 0 spiro atoms. The lowest BCUT2D eigenvalue weighted by atomic mass is 9.90. The Morgan fingerprint density at radius 1 is 1.50 bits per heavy atom. The summed E-state index contributed by atoms with van der Waals surface area (Å²) in [4.78, 5) is 14.2. The highest BCUT2D eigenvalue weighted by Crippen LogP contribution is 2.30. The zero-order valence-corrected chi connectivity index (χ0v) is 14.9. The van der Waals surface area contributed by atoms with Gasteiger partial charge >= 0.3 is 0 Å². The van der Waals surface area contributed by atoms with Crippen molar-refractivity contribution in [2.45, 2.75) is 37.6 Å². The summed E-state index contributed by atoms with van der Waals surface area (Å²) in [6.45, 7) is 6.10. The summed E-state index contributed by atoms with van der Waals surface area (Å²) >= 11 is 0. The van der Waals surface area contributed by atoms with Gasteiger partial charge in [0.2, 0.25) is 15.9 Å². The Hall–Kier alpha value is -2.11. The second kappa shape index (κ2) is 6.42. The second-order valence-electron chi connectivity index (χ2n) is 6.52. The topological polar surface area (TPSA) is 116 Å². The molecule has 2 rings (SSSR count). The maximum Gasteiger partial charge on any atom is 0.240 e. The minimum atomic E-state index is -3.79. The van der Waals surface area contributed by atoms with E-state index in [2.05, 4.69) is 11.4 Å². The molecule has 1 aromatic carbocycles. The van der Waals surface area contributed by atoms with E-state index in [0.29, 0.717) is 12.2 Å². The van der Waals surface area contributed by atoms with Crippen LogP contribution in [0.5, 0.6) is 0 Å². The van der Waals surface area contributed by atoms with E-state index in [1.807, 2.05) is 13.8 Å². The number of primary sulfonamides is 1. The highest BCUT2D eigenvalue weighted by molar-refractivity contribution is 7.89. The number of benzene rings is 1. The van der Waals surface area contributed by atoms with Crippen molar-refractivity contribution in [1.29, 1.82) is 5.26 Å². The number of hydrogen-bond donors (Lipinski definition) is 2. The van der Waals surface area contributed by atoms with Crippen LogP contribution in [0.15, 0.2) is 23.1 Å². The van der Waals surface area contributed by atoms with Crippen LogP contribution in [0.25, 0.3) is 0 Å². The number of sulfonamides is 1. The normalized spacial score (nSPS) is 16.4. The number of rotatable bonds is 5. The number of nitrogens with zero attached hydrogens (tertiary/aromatic N) is 2. The third-order valence-electron chi connectivity index (χ3n) is 4.50. The summed E-state index contributed by atoms with van der Waals surface area (Å²) in [6, 6.07) is 6.83. The van der Waals surface area contributed by atoms with Crippen molar-refractivity contribution in [3.8, 4) is 6.07 Å². The fourth-order valence-electron chi connectivity index (χ4n) is 2.57. The first-order valence-corrected chi connectivity index (χ1v) is 9.24. The molecule has 1 aliphatic heterocycles. The van der Waals surface area contributed by atoms with Gasteiger partial charge in [0.15, 0.2) is 0 Å². The number of nitrogens with two attached hydrogens (primary N) is 1. The van der Waals surface area contributed by atoms with Gasteiger partial charge in [0.1, 0.15) is 5.54 Å². The number of nitrogens with one attached hydrogen (secondary N) is 1. The van der Waals surface area contributed by atoms with Gasteiger partial charge in [0, 0.05) is 12.2 Å². The van der Waals surface area contributed by atoms with Gasteiger partial charge in [-0.3, -0.25) is 4.79 Å². The van der Waals surface area contributed by atoms with Crippen LogP contribution in [-0.4, -0.2) is 33.0 Å². The van der Waals surface area contributed by atoms with Crippen molar-refractivity contribution in [2.24, 2.45) is 11.1 Å². The largest absolute Gasteiger partial charge is 0.362 e. The van der Waals surface area contributed by atoms with Crippen molar-refractivity contribution in [1.82, 2.24) is 5.32 Å². The number of anilines is 1. The molecule has 0 radical (unpaired) electrons. The number of fused-ring (bicyclic) bond motifs is 1. The molecule has 1 atom stereocenters. The van der Waals surface area contributed by atoms with Crippen LogP contribution in [0.2, 0.25) is 0 Å². The highest BCUT2D eigenvalue weighted by atomic mass is 32.2. The van der Waals surface area contributed by atoms with Crippen molar-refractivity contribution < 1.29 is 13.2 Å². The van der Waals surface area contributed by atoms with Crippen molar-refractivity contribution in [2.75, 3.05) is 18.0 Å². The SMILES string of the molecule is CC(C)C(C)(C#N)NC(=O)CN1CCc2ccc(S(N)(=O)=O)cc21. The summed E-state index contributed by atoms with van der Waals surface area (Å²) in [5.41, 5.74) is 0.726. The minimum Gasteiger partial charge on any atom is -0.362 e. The molecule has 7 nitrogen and oxygen atoms in total. The van der Waals surface area contributed by atoms with Gasteiger partial charge in [0.05, 0.1) is 17.5 Å². The average molecular weight is 350 g/mol. The second-order valence-corrected chi connectivity index (χ2v) is 8.09. The van der Waals surface area contributed by atoms with Gasteiger partial charge in [-0.2, -0.15) is 5.26 Å². The number of amides is 1. The summed E-state index contributed by atoms with van der Waals surface area (Å²) < 4.78 is 23.0. The molecule has 0 aliphatic carbocycles. The standard InChI is InChI=1S/C16H22N4O3S/c1-11(2)16(3,10-17)19-15(21)9-20-7-6-12-4-5-13(8-14(12)20)24(18,22)23/h4-5,8,11H,6-7,9H2,1-3H3,(H,19,21)(H2,18,22,23). The first-order valence-electron chi connectivity index (χ1n) is 7.70. The molecular weight excluding hydrogens is 328 g/mol. The number of carbonyl (C=O) groups is 1.